The molecule has 0 amide bonds. The molecule has 0 spiro atoms. The first-order valence-corrected chi connectivity index (χ1v) is 4.79. The highest BCUT2D eigenvalue weighted by atomic mass is 16.1. The topological polar surface area (TPSA) is 43.1 Å². The molecule has 0 aromatic heterocycles. The van der Waals surface area contributed by atoms with Crippen molar-refractivity contribution in [3.05, 3.63) is 33.9 Å². The van der Waals surface area contributed by atoms with Gasteiger partial charge in [-0.3, -0.25) is 4.79 Å². The molecule has 0 aliphatic heterocycles. The molecule has 0 saturated carbocycles. The van der Waals surface area contributed by atoms with Crippen LogP contribution < -0.4 is 5.73 Å². The lowest BCUT2D eigenvalue weighted by Gasteiger charge is -2.12. The number of rotatable bonds is 2. The van der Waals surface area contributed by atoms with E-state index in [1.807, 2.05) is 26.8 Å². The van der Waals surface area contributed by atoms with Gasteiger partial charge in [0.15, 0.2) is 5.78 Å². The summed E-state index contributed by atoms with van der Waals surface area (Å²) in [7, 11) is 0. The van der Waals surface area contributed by atoms with Gasteiger partial charge in [0.25, 0.3) is 0 Å². The summed E-state index contributed by atoms with van der Waals surface area (Å²) in [4.78, 5) is 11.5. The van der Waals surface area contributed by atoms with Gasteiger partial charge < -0.3 is 5.73 Å². The zero-order chi connectivity index (χ0) is 10.9. The molecule has 2 N–H and O–H groups in total. The highest BCUT2D eigenvalue weighted by Crippen LogP contribution is 2.21. The van der Waals surface area contributed by atoms with Crippen molar-refractivity contribution in [2.45, 2.75) is 27.7 Å². The number of ketones is 1. The van der Waals surface area contributed by atoms with Crippen LogP contribution in [0.4, 0.5) is 0 Å². The van der Waals surface area contributed by atoms with Gasteiger partial charge in [-0.1, -0.05) is 0 Å². The highest BCUT2D eigenvalue weighted by molar-refractivity contribution is 5.99. The van der Waals surface area contributed by atoms with Crippen LogP contribution in [0.5, 0.6) is 0 Å². The van der Waals surface area contributed by atoms with Crippen molar-refractivity contribution in [1.82, 2.24) is 0 Å². The first kappa shape index (κ1) is 10.9. The number of carbonyl (C=O) groups is 1. The first-order chi connectivity index (χ1) is 6.49. The van der Waals surface area contributed by atoms with Crippen molar-refractivity contribution in [2.75, 3.05) is 6.54 Å². The molecule has 0 saturated heterocycles. The first-order valence-electron chi connectivity index (χ1n) is 4.79. The Bertz CT molecular complexity index is 380. The standard InChI is InChI=1S/C12H17NO/c1-7-5-11(12(14)6-13)10(4)9(3)8(7)2/h5H,6,13H2,1-4H3. The Kier molecular flexibility index (Phi) is 3.06. The smallest absolute Gasteiger partial charge is 0.176 e. The van der Waals surface area contributed by atoms with Gasteiger partial charge >= 0.3 is 0 Å². The van der Waals surface area contributed by atoms with Crippen molar-refractivity contribution in [3.8, 4) is 0 Å². The molecule has 0 radical (unpaired) electrons. The van der Waals surface area contributed by atoms with Crippen LogP contribution in [0.15, 0.2) is 6.07 Å². The summed E-state index contributed by atoms with van der Waals surface area (Å²) in [6.07, 6.45) is 0. The quantitative estimate of drug-likeness (QED) is 0.727. The molecular weight excluding hydrogens is 174 g/mol. The number of carbonyl (C=O) groups excluding carboxylic acids is 1. The van der Waals surface area contributed by atoms with Gasteiger partial charge in [-0.05, 0) is 56.0 Å². The molecular formula is C12H17NO. The lowest BCUT2D eigenvalue weighted by molar-refractivity contribution is 0.100. The van der Waals surface area contributed by atoms with Crippen LogP contribution in [0.3, 0.4) is 0 Å². The van der Waals surface area contributed by atoms with E-state index in [1.165, 1.54) is 11.1 Å². The molecule has 1 rings (SSSR count). The summed E-state index contributed by atoms with van der Waals surface area (Å²) in [5, 5.41) is 0. The summed E-state index contributed by atoms with van der Waals surface area (Å²) >= 11 is 0. The third kappa shape index (κ3) is 1.70. The summed E-state index contributed by atoms with van der Waals surface area (Å²) in [6, 6.07) is 1.94. The largest absolute Gasteiger partial charge is 0.324 e. The minimum Gasteiger partial charge on any atom is -0.324 e. The van der Waals surface area contributed by atoms with Crippen molar-refractivity contribution >= 4 is 5.78 Å². The molecule has 2 nitrogen and oxygen atoms in total. The highest BCUT2D eigenvalue weighted by Gasteiger charge is 2.11. The van der Waals surface area contributed by atoms with Crippen LogP contribution in [0.2, 0.25) is 0 Å². The van der Waals surface area contributed by atoms with Gasteiger partial charge in [-0.25, -0.2) is 0 Å². The van der Waals surface area contributed by atoms with Gasteiger partial charge in [0.05, 0.1) is 6.54 Å². The Morgan fingerprint density at radius 3 is 2.21 bits per heavy atom. The molecule has 0 aliphatic carbocycles. The van der Waals surface area contributed by atoms with E-state index < -0.39 is 0 Å². The van der Waals surface area contributed by atoms with Crippen LogP contribution in [-0.4, -0.2) is 12.3 Å². The van der Waals surface area contributed by atoms with E-state index in [1.54, 1.807) is 0 Å². The lowest BCUT2D eigenvalue weighted by Crippen LogP contribution is -2.16. The maximum absolute atomic E-state index is 11.5. The van der Waals surface area contributed by atoms with Crippen LogP contribution in [0.1, 0.15) is 32.6 Å². The third-order valence-corrected chi connectivity index (χ3v) is 2.97. The summed E-state index contributed by atoms with van der Waals surface area (Å²) in [5.74, 6) is 0.0219. The lowest BCUT2D eigenvalue weighted by atomic mass is 9.93. The van der Waals surface area contributed by atoms with Crippen molar-refractivity contribution in [3.63, 3.8) is 0 Å². The molecule has 0 unspecified atom stereocenters. The van der Waals surface area contributed by atoms with Crippen LogP contribution in [-0.2, 0) is 0 Å². The second kappa shape index (κ2) is 3.93. The monoisotopic (exact) mass is 191 g/mol. The number of benzene rings is 1. The molecule has 0 fully saturated rings. The summed E-state index contributed by atoms with van der Waals surface area (Å²) in [6.45, 7) is 8.21. The maximum Gasteiger partial charge on any atom is 0.176 e. The Balaban J connectivity index is 3.40. The minimum atomic E-state index is 0.0219. The van der Waals surface area contributed by atoms with Crippen molar-refractivity contribution < 1.29 is 4.79 Å². The average Bonchev–Trinajstić information content (AvgIpc) is 2.19. The van der Waals surface area contributed by atoms with Crippen molar-refractivity contribution in [2.24, 2.45) is 5.73 Å². The summed E-state index contributed by atoms with van der Waals surface area (Å²) in [5.41, 5.74) is 10.8. The Labute approximate surface area is 85.1 Å². The van der Waals surface area contributed by atoms with Crippen molar-refractivity contribution in [1.29, 1.82) is 0 Å². The minimum absolute atomic E-state index is 0.0219. The van der Waals surface area contributed by atoms with Gasteiger partial charge in [0.1, 0.15) is 0 Å². The Morgan fingerprint density at radius 1 is 1.14 bits per heavy atom. The predicted octanol–water partition coefficient (Wildman–Crippen LogP) is 2.06. The van der Waals surface area contributed by atoms with Gasteiger partial charge in [0.2, 0.25) is 0 Å². The zero-order valence-corrected chi connectivity index (χ0v) is 9.27. The number of aryl methyl sites for hydroxylation is 1. The third-order valence-electron chi connectivity index (χ3n) is 2.97. The molecule has 0 heterocycles. The molecule has 1 aromatic rings. The molecule has 1 aromatic carbocycles. The second-order valence-electron chi connectivity index (χ2n) is 3.74. The average molecular weight is 191 g/mol. The SMILES string of the molecule is Cc1cc(C(=O)CN)c(C)c(C)c1C. The van der Waals surface area contributed by atoms with Crippen LogP contribution in [0, 0.1) is 27.7 Å². The maximum atomic E-state index is 11.5. The Hall–Kier alpha value is -1.15. The van der Waals surface area contributed by atoms with Gasteiger partial charge in [-0.2, -0.15) is 0 Å². The number of hydrogen-bond donors (Lipinski definition) is 1. The zero-order valence-electron chi connectivity index (χ0n) is 9.27. The normalized spacial score (nSPS) is 10.4. The van der Waals surface area contributed by atoms with E-state index in [2.05, 4.69) is 6.92 Å². The number of Topliss-reactive ketones (excluding diaryl/α,β-unsaturated/α-hetero) is 1. The fourth-order valence-electron chi connectivity index (χ4n) is 1.61. The number of nitrogens with two attached hydrogens (primary N) is 1. The van der Waals surface area contributed by atoms with E-state index >= 15 is 0 Å². The van der Waals surface area contributed by atoms with E-state index in [4.69, 9.17) is 5.73 Å². The van der Waals surface area contributed by atoms with Gasteiger partial charge in [0, 0.05) is 5.56 Å². The molecule has 76 valence electrons. The van der Waals surface area contributed by atoms with Crippen LogP contribution >= 0.6 is 0 Å². The van der Waals surface area contributed by atoms with E-state index in [9.17, 15) is 4.79 Å². The molecule has 2 heteroatoms. The van der Waals surface area contributed by atoms with E-state index in [0.29, 0.717) is 0 Å². The number of hydrogen-bond acceptors (Lipinski definition) is 2. The second-order valence-corrected chi connectivity index (χ2v) is 3.74. The summed E-state index contributed by atoms with van der Waals surface area (Å²) < 4.78 is 0. The fourth-order valence-corrected chi connectivity index (χ4v) is 1.61. The fraction of sp³-hybridized carbons (Fsp3) is 0.417. The van der Waals surface area contributed by atoms with E-state index in [0.717, 1.165) is 16.7 Å². The molecule has 14 heavy (non-hydrogen) atoms. The van der Waals surface area contributed by atoms with Gasteiger partial charge in [-0.15, -0.1) is 0 Å². The van der Waals surface area contributed by atoms with Crippen LogP contribution in [0.25, 0.3) is 0 Å². The predicted molar refractivity (Wildman–Crippen MR) is 58.8 cm³/mol. The molecule has 0 atom stereocenters. The van der Waals surface area contributed by atoms with E-state index in [-0.39, 0.29) is 12.3 Å². The Morgan fingerprint density at radius 2 is 1.71 bits per heavy atom. The molecule has 0 aliphatic rings. The molecule has 0 bridgehead atoms.